The Labute approximate surface area is 250 Å². The molecule has 2 amide bonds. The predicted molar refractivity (Wildman–Crippen MR) is 166 cm³/mol. The first-order valence-corrected chi connectivity index (χ1v) is 14.7. The number of likely N-dealkylation sites (N-methyl/N-ethyl adjacent to an activating group) is 1. The van der Waals surface area contributed by atoms with Gasteiger partial charge in [0.2, 0.25) is 11.8 Å². The van der Waals surface area contributed by atoms with Crippen LogP contribution in [0.4, 0.5) is 0 Å². The molecule has 10 nitrogen and oxygen atoms in total. The van der Waals surface area contributed by atoms with Crippen molar-refractivity contribution in [1.29, 1.82) is 0 Å². The van der Waals surface area contributed by atoms with Crippen LogP contribution in [-0.2, 0) is 32.0 Å². The van der Waals surface area contributed by atoms with Crippen molar-refractivity contribution in [3.8, 4) is 0 Å². The minimum Gasteiger partial charge on any atom is -0.466 e. The second-order valence-electron chi connectivity index (χ2n) is 11.0. The minimum absolute atomic E-state index is 0.203. The molecule has 0 aliphatic heterocycles. The van der Waals surface area contributed by atoms with E-state index in [2.05, 4.69) is 10.4 Å². The smallest absolute Gasteiger partial charge is 0.313 e. The van der Waals surface area contributed by atoms with Crippen LogP contribution < -0.4 is 22.6 Å². The number of hydrogen-bond acceptors (Lipinski definition) is 7. The molecule has 0 heterocycles. The lowest BCUT2D eigenvalue weighted by Crippen LogP contribution is -2.56. The molecule has 1 unspecified atom stereocenters. The molecular formula is C32H48N6O4. The summed E-state index contributed by atoms with van der Waals surface area (Å²) < 4.78 is 5.44. The topological polar surface area (TPSA) is 166 Å². The van der Waals surface area contributed by atoms with Gasteiger partial charge in [-0.1, -0.05) is 54.6 Å². The van der Waals surface area contributed by atoms with E-state index in [0.717, 1.165) is 23.1 Å². The zero-order chi connectivity index (χ0) is 31.1. The Bertz CT molecular complexity index is 1180. The van der Waals surface area contributed by atoms with E-state index < -0.39 is 23.4 Å². The third-order valence-corrected chi connectivity index (χ3v) is 7.19. The Hall–Kier alpha value is -3.92. The van der Waals surface area contributed by atoms with E-state index in [1.807, 2.05) is 61.5 Å². The number of ether oxygens (including phenoxy) is 1. The van der Waals surface area contributed by atoms with Crippen molar-refractivity contribution in [2.75, 3.05) is 19.7 Å². The number of nitrogens with zero attached hydrogens (tertiary/aromatic N) is 2. The maximum Gasteiger partial charge on any atom is 0.313 e. The third-order valence-electron chi connectivity index (χ3n) is 7.19. The van der Waals surface area contributed by atoms with Gasteiger partial charge in [0.05, 0.1) is 18.1 Å². The second-order valence-corrected chi connectivity index (χ2v) is 11.0. The number of hydrazone groups is 1. The summed E-state index contributed by atoms with van der Waals surface area (Å²) in [5.41, 5.74) is 13.6. The van der Waals surface area contributed by atoms with Gasteiger partial charge in [0.1, 0.15) is 11.9 Å². The summed E-state index contributed by atoms with van der Waals surface area (Å²) in [7, 11) is 0. The van der Waals surface area contributed by atoms with Gasteiger partial charge in [-0.15, -0.1) is 0 Å². The average Bonchev–Trinajstić information content (AvgIpc) is 2.97. The molecule has 230 valence electrons. The summed E-state index contributed by atoms with van der Waals surface area (Å²) in [6.07, 6.45) is 3.30. The fourth-order valence-electron chi connectivity index (χ4n) is 4.76. The fourth-order valence-corrected chi connectivity index (χ4v) is 4.76. The van der Waals surface area contributed by atoms with E-state index in [0.29, 0.717) is 51.0 Å². The number of hydrogen-bond donors (Lipinski definition) is 4. The molecule has 10 heteroatoms. The molecule has 0 radical (unpaired) electrons. The van der Waals surface area contributed by atoms with Gasteiger partial charge in [-0.25, -0.2) is 0 Å². The minimum atomic E-state index is -1.13. The molecule has 0 saturated heterocycles. The van der Waals surface area contributed by atoms with E-state index in [1.165, 1.54) is 0 Å². The van der Waals surface area contributed by atoms with Crippen LogP contribution in [0.15, 0.2) is 59.7 Å². The van der Waals surface area contributed by atoms with E-state index in [4.69, 9.17) is 22.0 Å². The van der Waals surface area contributed by atoms with E-state index in [-0.39, 0.29) is 18.5 Å². The van der Waals surface area contributed by atoms with Gasteiger partial charge in [0.15, 0.2) is 0 Å². The first-order chi connectivity index (χ1) is 20.0. The van der Waals surface area contributed by atoms with E-state index in [9.17, 15) is 14.4 Å². The zero-order valence-electron chi connectivity index (χ0n) is 25.5. The molecule has 2 aromatic carbocycles. The summed E-state index contributed by atoms with van der Waals surface area (Å²) in [6, 6.07) is 16.9. The Morgan fingerprint density at radius 3 is 2.29 bits per heavy atom. The number of amides is 2. The number of aryl methyl sites for hydroxylation is 2. The highest BCUT2D eigenvalue weighted by Crippen LogP contribution is 2.27. The Kier molecular flexibility index (Phi) is 14.0. The van der Waals surface area contributed by atoms with Gasteiger partial charge in [0, 0.05) is 19.5 Å². The van der Waals surface area contributed by atoms with E-state index in [1.54, 1.807) is 25.7 Å². The summed E-state index contributed by atoms with van der Waals surface area (Å²) in [5, 5.41) is 6.43. The third kappa shape index (κ3) is 10.8. The Morgan fingerprint density at radius 1 is 1.00 bits per heavy atom. The monoisotopic (exact) mass is 580 g/mol. The van der Waals surface area contributed by atoms with Crippen molar-refractivity contribution >= 4 is 23.6 Å². The maximum atomic E-state index is 13.8. The number of nitrogens with two attached hydrogens (primary N) is 3. The quantitative estimate of drug-likeness (QED) is 0.0734. The van der Waals surface area contributed by atoms with Crippen molar-refractivity contribution < 1.29 is 19.1 Å². The summed E-state index contributed by atoms with van der Waals surface area (Å²) in [4.78, 5) is 41.5. The van der Waals surface area contributed by atoms with Crippen molar-refractivity contribution in [3.63, 3.8) is 0 Å². The molecule has 0 aromatic heterocycles. The van der Waals surface area contributed by atoms with Crippen LogP contribution in [0.25, 0.3) is 0 Å². The summed E-state index contributed by atoms with van der Waals surface area (Å²) in [5.74, 6) is 4.08. The van der Waals surface area contributed by atoms with Crippen molar-refractivity contribution in [1.82, 2.24) is 10.2 Å². The highest BCUT2D eigenvalue weighted by molar-refractivity contribution is 5.91. The normalized spacial score (nSPS) is 13.2. The molecule has 7 N–H and O–H groups in total. The lowest BCUT2D eigenvalue weighted by Gasteiger charge is -2.30. The second kappa shape index (κ2) is 17.1. The highest BCUT2D eigenvalue weighted by atomic mass is 16.5. The number of nitrogens with one attached hydrogen (secondary N) is 1. The zero-order valence-corrected chi connectivity index (χ0v) is 25.5. The number of carbonyl (C=O) groups excluding carboxylic acids is 3. The van der Waals surface area contributed by atoms with Crippen LogP contribution >= 0.6 is 0 Å². The average molecular weight is 581 g/mol. The number of carbonyl (C=O) groups is 3. The molecule has 2 atom stereocenters. The van der Waals surface area contributed by atoms with Crippen LogP contribution in [0, 0.1) is 0 Å². The predicted octanol–water partition coefficient (Wildman–Crippen LogP) is 2.98. The van der Waals surface area contributed by atoms with Crippen LogP contribution in [-0.4, -0.2) is 59.8 Å². The van der Waals surface area contributed by atoms with Crippen LogP contribution in [0.5, 0.6) is 0 Å². The van der Waals surface area contributed by atoms with Crippen LogP contribution in [0.3, 0.4) is 0 Å². The molecule has 0 fully saturated rings. The van der Waals surface area contributed by atoms with Crippen LogP contribution in [0.2, 0.25) is 0 Å². The first kappa shape index (κ1) is 34.3. The van der Waals surface area contributed by atoms with Crippen LogP contribution in [0.1, 0.15) is 76.0 Å². The highest BCUT2D eigenvalue weighted by Gasteiger charge is 2.31. The van der Waals surface area contributed by atoms with Gasteiger partial charge in [-0.05, 0) is 76.5 Å². The molecule has 2 aromatic rings. The molecule has 0 bridgehead atoms. The van der Waals surface area contributed by atoms with Gasteiger partial charge < -0.3 is 32.3 Å². The van der Waals surface area contributed by atoms with Gasteiger partial charge >= 0.3 is 5.97 Å². The SMILES string of the molecule is CCOC(=O)C(CCN(CC)C(=O)[C@@H](CCCc1ccccc1)NC(=O)C(C)(C)N)c1ccccc1CC/C(N)=N/N. The molecule has 2 rings (SSSR count). The summed E-state index contributed by atoms with van der Waals surface area (Å²) >= 11 is 0. The van der Waals surface area contributed by atoms with Crippen molar-refractivity contribution in [2.45, 2.75) is 83.7 Å². The van der Waals surface area contributed by atoms with Gasteiger partial charge in [-0.2, -0.15) is 5.10 Å². The number of rotatable bonds is 17. The molecule has 0 spiro atoms. The maximum absolute atomic E-state index is 13.8. The molecule has 0 saturated carbocycles. The lowest BCUT2D eigenvalue weighted by molar-refractivity contribution is -0.146. The number of benzene rings is 2. The number of amidine groups is 1. The van der Waals surface area contributed by atoms with E-state index >= 15 is 0 Å². The largest absolute Gasteiger partial charge is 0.466 e. The Morgan fingerprint density at radius 2 is 1.67 bits per heavy atom. The Balaban J connectivity index is 2.24. The van der Waals surface area contributed by atoms with Crippen molar-refractivity contribution in [2.24, 2.45) is 22.4 Å². The summed E-state index contributed by atoms with van der Waals surface area (Å²) in [6.45, 7) is 7.83. The van der Waals surface area contributed by atoms with Gasteiger partial charge in [0.25, 0.3) is 0 Å². The molecule has 0 aliphatic rings. The molecule has 42 heavy (non-hydrogen) atoms. The number of esters is 1. The van der Waals surface area contributed by atoms with Crippen molar-refractivity contribution in [3.05, 3.63) is 71.3 Å². The molecule has 0 aliphatic carbocycles. The standard InChI is InChI=1S/C32H48N6O4/c1-5-38(29(39)27(36-31(41)32(3,4)34)18-12-15-23-13-8-7-9-14-23)22-21-26(30(40)42-6-2)25-17-11-10-16-24(25)19-20-28(33)37-35/h7-11,13-14,16-17,26-27H,5-6,12,15,18-22,34-35H2,1-4H3,(H2,33,37)(H,36,41)/t26?,27-/m1/s1. The lowest BCUT2D eigenvalue weighted by atomic mass is 9.89. The molecular weight excluding hydrogens is 532 g/mol. The first-order valence-electron chi connectivity index (χ1n) is 14.7. The fraction of sp³-hybridized carbons (Fsp3) is 0.500. The van der Waals surface area contributed by atoms with Gasteiger partial charge in [-0.3, -0.25) is 14.4 Å².